The highest BCUT2D eigenvalue weighted by molar-refractivity contribution is 7.18. The second-order valence-corrected chi connectivity index (χ2v) is 6.72. The van der Waals surface area contributed by atoms with Crippen molar-refractivity contribution in [2.24, 2.45) is 0 Å². The molecule has 4 rings (SSSR count). The van der Waals surface area contributed by atoms with Crippen molar-refractivity contribution < 1.29 is 4.79 Å². The number of amides is 1. The predicted molar refractivity (Wildman–Crippen MR) is 109 cm³/mol. The highest BCUT2D eigenvalue weighted by Crippen LogP contribution is 2.33. The number of nitrogens with one attached hydrogen (secondary N) is 2. The zero-order valence-corrected chi connectivity index (χ0v) is 15.1. The van der Waals surface area contributed by atoms with Crippen molar-refractivity contribution in [2.75, 3.05) is 10.6 Å². The average Bonchev–Trinajstić information content (AvgIpc) is 3.14. The molecule has 0 unspecified atom stereocenters. The summed E-state index contributed by atoms with van der Waals surface area (Å²) in [5.41, 5.74) is 2.28. The fourth-order valence-electron chi connectivity index (χ4n) is 2.57. The molecule has 0 aliphatic heterocycles. The Kier molecular flexibility index (Phi) is 4.89. The molecular weight excluding hydrogens is 356 g/mol. The van der Waals surface area contributed by atoms with E-state index in [4.69, 9.17) is 0 Å². The van der Waals surface area contributed by atoms with Gasteiger partial charge in [-0.2, -0.15) is 0 Å². The Labute approximate surface area is 160 Å². The fourth-order valence-corrected chi connectivity index (χ4v) is 3.46. The van der Waals surface area contributed by atoms with Crippen molar-refractivity contribution in [3.8, 4) is 11.3 Å². The van der Waals surface area contributed by atoms with Crippen LogP contribution in [0.25, 0.3) is 11.3 Å². The summed E-state index contributed by atoms with van der Waals surface area (Å²) in [7, 11) is 0. The van der Waals surface area contributed by atoms with E-state index in [0.717, 1.165) is 11.3 Å². The number of rotatable bonds is 5. The molecule has 6 heteroatoms. The van der Waals surface area contributed by atoms with Gasteiger partial charge in [0.1, 0.15) is 10.7 Å². The van der Waals surface area contributed by atoms with Gasteiger partial charge in [-0.05, 0) is 24.3 Å². The smallest absolute Gasteiger partial charge is 0.268 e. The van der Waals surface area contributed by atoms with Gasteiger partial charge >= 0.3 is 0 Å². The maximum absolute atomic E-state index is 12.9. The number of hydrogen-bond acceptors (Lipinski definition) is 5. The van der Waals surface area contributed by atoms with Gasteiger partial charge in [0, 0.05) is 17.4 Å². The molecule has 2 aromatic carbocycles. The first kappa shape index (κ1) is 16.9. The topological polar surface area (TPSA) is 66.9 Å². The number of benzene rings is 2. The lowest BCUT2D eigenvalue weighted by molar-refractivity contribution is 0.103. The van der Waals surface area contributed by atoms with Crippen molar-refractivity contribution in [2.45, 2.75) is 0 Å². The fraction of sp³-hybridized carbons (Fsp3) is 0. The van der Waals surface area contributed by atoms with Gasteiger partial charge in [-0.3, -0.25) is 4.79 Å². The zero-order chi connectivity index (χ0) is 18.5. The standard InChI is InChI=1S/C21H16N4OS/c26-20(23-16-11-5-2-6-12-16)19-18(15-9-3-1-4-10-15)25-21(27-19)24-17-13-7-8-14-22-17/h1-14H,(H,23,26)(H,22,24,25). The Morgan fingerprint density at radius 1 is 0.852 bits per heavy atom. The molecule has 2 aromatic heterocycles. The quantitative estimate of drug-likeness (QED) is 0.505. The van der Waals surface area contributed by atoms with Crippen LogP contribution in [0, 0.1) is 0 Å². The summed E-state index contributed by atoms with van der Waals surface area (Å²) in [6.07, 6.45) is 1.71. The van der Waals surface area contributed by atoms with E-state index < -0.39 is 0 Å². The SMILES string of the molecule is O=C(Nc1ccccc1)c1sc(Nc2ccccn2)nc1-c1ccccc1. The molecule has 27 heavy (non-hydrogen) atoms. The zero-order valence-electron chi connectivity index (χ0n) is 14.3. The molecule has 0 fully saturated rings. The molecule has 0 saturated carbocycles. The van der Waals surface area contributed by atoms with E-state index in [9.17, 15) is 4.79 Å². The third kappa shape index (κ3) is 4.02. The first-order valence-corrected chi connectivity index (χ1v) is 9.22. The lowest BCUT2D eigenvalue weighted by Crippen LogP contribution is -2.11. The van der Waals surface area contributed by atoms with Gasteiger partial charge in [0.15, 0.2) is 5.13 Å². The number of pyridine rings is 1. The third-order valence-corrected chi connectivity index (χ3v) is 4.78. The Morgan fingerprint density at radius 2 is 1.56 bits per heavy atom. The van der Waals surface area contributed by atoms with Crippen LogP contribution in [-0.4, -0.2) is 15.9 Å². The van der Waals surface area contributed by atoms with Crippen LogP contribution in [-0.2, 0) is 0 Å². The van der Waals surface area contributed by atoms with Gasteiger partial charge in [0.05, 0.1) is 5.69 Å². The largest absolute Gasteiger partial charge is 0.321 e. The van der Waals surface area contributed by atoms with Crippen LogP contribution in [0.3, 0.4) is 0 Å². The molecule has 0 radical (unpaired) electrons. The Hall–Kier alpha value is -3.51. The molecule has 1 amide bonds. The number of anilines is 3. The van der Waals surface area contributed by atoms with Crippen LogP contribution < -0.4 is 10.6 Å². The van der Waals surface area contributed by atoms with E-state index >= 15 is 0 Å². The van der Waals surface area contributed by atoms with Crippen molar-refractivity contribution in [3.63, 3.8) is 0 Å². The summed E-state index contributed by atoms with van der Waals surface area (Å²) in [5.74, 6) is 0.493. The normalized spacial score (nSPS) is 10.4. The molecule has 2 N–H and O–H groups in total. The van der Waals surface area contributed by atoms with Crippen molar-refractivity contribution >= 4 is 33.9 Å². The summed E-state index contributed by atoms with van der Waals surface area (Å²) >= 11 is 1.30. The molecule has 132 valence electrons. The number of carbonyl (C=O) groups is 1. The maximum atomic E-state index is 12.9. The number of carbonyl (C=O) groups excluding carboxylic acids is 1. The number of para-hydroxylation sites is 1. The van der Waals surface area contributed by atoms with E-state index in [0.29, 0.717) is 21.5 Å². The van der Waals surface area contributed by atoms with Gasteiger partial charge in [0.2, 0.25) is 0 Å². The van der Waals surface area contributed by atoms with Gasteiger partial charge in [-0.25, -0.2) is 9.97 Å². The monoisotopic (exact) mass is 372 g/mol. The van der Waals surface area contributed by atoms with E-state index in [1.165, 1.54) is 11.3 Å². The van der Waals surface area contributed by atoms with E-state index in [-0.39, 0.29) is 5.91 Å². The number of hydrogen-bond donors (Lipinski definition) is 2. The minimum atomic E-state index is -0.188. The second kappa shape index (κ2) is 7.80. The molecule has 4 aromatic rings. The minimum absolute atomic E-state index is 0.188. The first-order valence-electron chi connectivity index (χ1n) is 8.40. The Balaban J connectivity index is 1.69. The van der Waals surface area contributed by atoms with Crippen molar-refractivity contribution in [3.05, 3.63) is 89.9 Å². The van der Waals surface area contributed by atoms with Gasteiger partial charge in [-0.1, -0.05) is 65.9 Å². The summed E-state index contributed by atoms with van der Waals surface area (Å²) in [5, 5.41) is 6.72. The van der Waals surface area contributed by atoms with Crippen LogP contribution in [0.4, 0.5) is 16.6 Å². The van der Waals surface area contributed by atoms with E-state index in [1.807, 2.05) is 78.9 Å². The number of nitrogens with zero attached hydrogens (tertiary/aromatic N) is 2. The Morgan fingerprint density at radius 3 is 2.26 bits per heavy atom. The van der Waals surface area contributed by atoms with Gasteiger partial charge in [-0.15, -0.1) is 0 Å². The highest BCUT2D eigenvalue weighted by atomic mass is 32.1. The molecular formula is C21H16N4OS. The third-order valence-electron chi connectivity index (χ3n) is 3.81. The molecule has 5 nitrogen and oxygen atoms in total. The van der Waals surface area contributed by atoms with Crippen LogP contribution in [0.15, 0.2) is 85.1 Å². The predicted octanol–water partition coefficient (Wildman–Crippen LogP) is 5.20. The van der Waals surface area contributed by atoms with Crippen LogP contribution in [0.1, 0.15) is 9.67 Å². The molecule has 0 bridgehead atoms. The van der Waals surface area contributed by atoms with Crippen LogP contribution >= 0.6 is 11.3 Å². The van der Waals surface area contributed by atoms with E-state index in [2.05, 4.69) is 20.6 Å². The molecule has 0 spiro atoms. The summed E-state index contributed by atoms with van der Waals surface area (Å²) < 4.78 is 0. The van der Waals surface area contributed by atoms with Crippen molar-refractivity contribution in [1.82, 2.24) is 9.97 Å². The number of aromatic nitrogens is 2. The van der Waals surface area contributed by atoms with E-state index in [1.54, 1.807) is 6.20 Å². The molecule has 0 aliphatic carbocycles. The summed E-state index contributed by atoms with van der Waals surface area (Å²) in [6.45, 7) is 0. The number of thiazole rings is 1. The molecule has 2 heterocycles. The molecule has 0 atom stereocenters. The lowest BCUT2D eigenvalue weighted by atomic mass is 10.1. The Bertz CT molecular complexity index is 1030. The van der Waals surface area contributed by atoms with Crippen LogP contribution in [0.5, 0.6) is 0 Å². The van der Waals surface area contributed by atoms with Gasteiger partial charge in [0.25, 0.3) is 5.91 Å². The summed E-state index contributed by atoms with van der Waals surface area (Å²) in [6, 6.07) is 24.7. The van der Waals surface area contributed by atoms with Gasteiger partial charge < -0.3 is 10.6 Å². The van der Waals surface area contributed by atoms with Crippen molar-refractivity contribution in [1.29, 1.82) is 0 Å². The average molecular weight is 372 g/mol. The highest BCUT2D eigenvalue weighted by Gasteiger charge is 2.20. The van der Waals surface area contributed by atoms with Crippen LogP contribution in [0.2, 0.25) is 0 Å². The molecule has 0 saturated heterocycles. The minimum Gasteiger partial charge on any atom is -0.321 e. The summed E-state index contributed by atoms with van der Waals surface area (Å²) in [4.78, 5) is 22.3. The lowest BCUT2D eigenvalue weighted by Gasteiger charge is -2.05. The second-order valence-electron chi connectivity index (χ2n) is 5.72. The maximum Gasteiger partial charge on any atom is 0.268 e. The molecule has 0 aliphatic rings. The first-order chi connectivity index (χ1) is 13.3.